The maximum Gasteiger partial charge on any atom is 0.323 e. The van der Waals surface area contributed by atoms with E-state index < -0.39 is 0 Å². The predicted molar refractivity (Wildman–Crippen MR) is 52.9 cm³/mol. The van der Waals surface area contributed by atoms with Crippen molar-refractivity contribution in [1.29, 1.82) is 0 Å². The van der Waals surface area contributed by atoms with Crippen molar-refractivity contribution in [3.8, 4) is 0 Å². The van der Waals surface area contributed by atoms with Crippen molar-refractivity contribution in [3.63, 3.8) is 0 Å². The molecule has 1 heterocycles. The molecule has 0 aliphatic carbocycles. The lowest BCUT2D eigenvalue weighted by molar-refractivity contribution is -0.149. The first-order valence-electron chi connectivity index (χ1n) is 4.80. The number of hydrogen-bond donors (Lipinski definition) is 1. The number of carbonyl (C=O) groups excluding carboxylic acids is 1. The van der Waals surface area contributed by atoms with Crippen LogP contribution in [0.4, 0.5) is 0 Å². The number of benzene rings is 1. The maximum atomic E-state index is 11.3. The molecule has 1 N–H and O–H groups in total. The van der Waals surface area contributed by atoms with E-state index in [9.17, 15) is 4.79 Å². The molecule has 3 heteroatoms. The van der Waals surface area contributed by atoms with Crippen LogP contribution in [0.3, 0.4) is 0 Å². The first-order chi connectivity index (χ1) is 6.86. The van der Waals surface area contributed by atoms with E-state index in [1.54, 1.807) is 0 Å². The zero-order valence-electron chi connectivity index (χ0n) is 7.90. The Kier molecular flexibility index (Phi) is 2.79. The zero-order valence-corrected chi connectivity index (χ0v) is 7.90. The van der Waals surface area contributed by atoms with Gasteiger partial charge in [0.05, 0.1) is 0 Å². The molecule has 74 valence electrons. The summed E-state index contributed by atoms with van der Waals surface area (Å²) in [6.07, 6.45) is 0.708. The third-order valence-electron chi connectivity index (χ3n) is 2.30. The third kappa shape index (κ3) is 2.12. The second kappa shape index (κ2) is 4.24. The molecule has 3 nitrogen and oxygen atoms in total. The van der Waals surface area contributed by atoms with Crippen LogP contribution in [-0.2, 0) is 16.0 Å². The van der Waals surface area contributed by atoms with Crippen molar-refractivity contribution in [2.75, 3.05) is 13.2 Å². The van der Waals surface area contributed by atoms with E-state index >= 15 is 0 Å². The summed E-state index contributed by atoms with van der Waals surface area (Å²) in [6, 6.07) is 9.78. The predicted octanol–water partition coefficient (Wildman–Crippen LogP) is 0.744. The standard InChI is InChI=1S/C11H13NO2/c13-11-10(12-6-7-14-11)8-9-4-2-1-3-5-9/h1-5,10,12H,6-8H2. The van der Waals surface area contributed by atoms with E-state index in [2.05, 4.69) is 5.32 Å². The first kappa shape index (κ1) is 9.21. The fourth-order valence-electron chi connectivity index (χ4n) is 1.57. The van der Waals surface area contributed by atoms with Crippen LogP contribution >= 0.6 is 0 Å². The third-order valence-corrected chi connectivity index (χ3v) is 2.30. The molecule has 0 radical (unpaired) electrons. The van der Waals surface area contributed by atoms with Crippen LogP contribution in [0.1, 0.15) is 5.56 Å². The molecular formula is C11H13NO2. The van der Waals surface area contributed by atoms with Crippen molar-refractivity contribution < 1.29 is 9.53 Å². The van der Waals surface area contributed by atoms with Crippen molar-refractivity contribution in [2.45, 2.75) is 12.5 Å². The molecule has 1 aromatic carbocycles. The van der Waals surface area contributed by atoms with Crippen LogP contribution in [0.25, 0.3) is 0 Å². The normalized spacial score (nSPS) is 21.7. The number of esters is 1. The minimum absolute atomic E-state index is 0.139. The summed E-state index contributed by atoms with van der Waals surface area (Å²) < 4.78 is 4.96. The molecule has 1 fully saturated rings. The number of carbonyl (C=O) groups is 1. The van der Waals surface area contributed by atoms with Crippen LogP contribution in [0.15, 0.2) is 30.3 Å². The van der Waals surface area contributed by atoms with Crippen LogP contribution in [0.2, 0.25) is 0 Å². The maximum absolute atomic E-state index is 11.3. The van der Waals surface area contributed by atoms with Gasteiger partial charge in [0.1, 0.15) is 12.6 Å². The molecule has 1 unspecified atom stereocenters. The van der Waals surface area contributed by atoms with Gasteiger partial charge in [0.25, 0.3) is 0 Å². The highest BCUT2D eigenvalue weighted by Crippen LogP contribution is 2.06. The summed E-state index contributed by atoms with van der Waals surface area (Å²) in [5.41, 5.74) is 1.16. The Labute approximate surface area is 83.1 Å². The summed E-state index contributed by atoms with van der Waals surface area (Å²) in [7, 11) is 0. The molecule has 0 aromatic heterocycles. The Balaban J connectivity index is 2.00. The van der Waals surface area contributed by atoms with Crippen LogP contribution < -0.4 is 5.32 Å². The minimum atomic E-state index is -0.175. The van der Waals surface area contributed by atoms with E-state index in [0.29, 0.717) is 13.0 Å². The van der Waals surface area contributed by atoms with Crippen LogP contribution in [0.5, 0.6) is 0 Å². The quantitative estimate of drug-likeness (QED) is 0.701. The monoisotopic (exact) mass is 191 g/mol. The molecule has 0 bridgehead atoms. The smallest absolute Gasteiger partial charge is 0.323 e. The molecule has 14 heavy (non-hydrogen) atoms. The topological polar surface area (TPSA) is 38.3 Å². The van der Waals surface area contributed by atoms with Gasteiger partial charge in [-0.2, -0.15) is 0 Å². The average molecular weight is 191 g/mol. The Hall–Kier alpha value is -1.35. The highest BCUT2D eigenvalue weighted by molar-refractivity contribution is 5.76. The molecule has 1 atom stereocenters. The Morgan fingerprint density at radius 3 is 2.86 bits per heavy atom. The fourth-order valence-corrected chi connectivity index (χ4v) is 1.57. The summed E-state index contributed by atoms with van der Waals surface area (Å²) in [6.45, 7) is 1.24. The SMILES string of the molecule is O=C1OCCNC1Cc1ccccc1. The lowest BCUT2D eigenvalue weighted by atomic mass is 10.1. The van der Waals surface area contributed by atoms with Gasteiger partial charge in [-0.3, -0.25) is 4.79 Å². The summed E-state index contributed by atoms with van der Waals surface area (Å²) >= 11 is 0. The van der Waals surface area contributed by atoms with Crippen LogP contribution in [-0.4, -0.2) is 25.2 Å². The molecule has 0 spiro atoms. The average Bonchev–Trinajstić information content (AvgIpc) is 2.23. The Morgan fingerprint density at radius 2 is 2.14 bits per heavy atom. The minimum Gasteiger partial charge on any atom is -0.463 e. The molecule has 1 aliphatic rings. The largest absolute Gasteiger partial charge is 0.463 e. The van der Waals surface area contributed by atoms with E-state index in [4.69, 9.17) is 4.74 Å². The number of ether oxygens (including phenoxy) is 1. The number of cyclic esters (lactones) is 1. The number of hydrogen-bond acceptors (Lipinski definition) is 3. The fraction of sp³-hybridized carbons (Fsp3) is 0.364. The highest BCUT2D eigenvalue weighted by atomic mass is 16.5. The molecule has 0 amide bonds. The second-order valence-electron chi connectivity index (χ2n) is 3.36. The van der Waals surface area contributed by atoms with Gasteiger partial charge in [0.15, 0.2) is 0 Å². The summed E-state index contributed by atoms with van der Waals surface area (Å²) in [4.78, 5) is 11.3. The molecule has 1 aliphatic heterocycles. The van der Waals surface area contributed by atoms with Crippen molar-refractivity contribution >= 4 is 5.97 Å². The number of morpholine rings is 1. The first-order valence-corrected chi connectivity index (χ1v) is 4.80. The number of rotatable bonds is 2. The van der Waals surface area contributed by atoms with Gasteiger partial charge >= 0.3 is 5.97 Å². The Morgan fingerprint density at radius 1 is 1.36 bits per heavy atom. The van der Waals surface area contributed by atoms with E-state index in [1.807, 2.05) is 30.3 Å². The highest BCUT2D eigenvalue weighted by Gasteiger charge is 2.23. The second-order valence-corrected chi connectivity index (χ2v) is 3.36. The lowest BCUT2D eigenvalue weighted by Crippen LogP contribution is -2.46. The van der Waals surface area contributed by atoms with Crippen molar-refractivity contribution in [2.24, 2.45) is 0 Å². The molecule has 2 rings (SSSR count). The number of nitrogens with one attached hydrogen (secondary N) is 1. The summed E-state index contributed by atoms with van der Waals surface area (Å²) in [5, 5.41) is 3.14. The Bertz CT molecular complexity index is 310. The van der Waals surface area contributed by atoms with Crippen molar-refractivity contribution in [3.05, 3.63) is 35.9 Å². The van der Waals surface area contributed by atoms with Gasteiger partial charge in [0.2, 0.25) is 0 Å². The summed E-state index contributed by atoms with van der Waals surface area (Å²) in [5.74, 6) is -0.139. The van der Waals surface area contributed by atoms with E-state index in [0.717, 1.165) is 12.1 Å². The lowest BCUT2D eigenvalue weighted by Gasteiger charge is -2.22. The van der Waals surface area contributed by atoms with E-state index in [1.165, 1.54) is 0 Å². The van der Waals surface area contributed by atoms with Gasteiger partial charge in [-0.05, 0) is 12.0 Å². The van der Waals surface area contributed by atoms with Crippen LogP contribution in [0, 0.1) is 0 Å². The molecule has 1 aromatic rings. The molecule has 0 saturated carbocycles. The van der Waals surface area contributed by atoms with Gasteiger partial charge in [-0.15, -0.1) is 0 Å². The van der Waals surface area contributed by atoms with Crippen molar-refractivity contribution in [1.82, 2.24) is 5.32 Å². The van der Waals surface area contributed by atoms with Gasteiger partial charge in [0, 0.05) is 6.54 Å². The molecule has 1 saturated heterocycles. The van der Waals surface area contributed by atoms with E-state index in [-0.39, 0.29) is 12.0 Å². The molecular weight excluding hydrogens is 178 g/mol. The van der Waals surface area contributed by atoms with Gasteiger partial charge in [-0.25, -0.2) is 0 Å². The zero-order chi connectivity index (χ0) is 9.80. The van der Waals surface area contributed by atoms with Gasteiger partial charge < -0.3 is 10.1 Å². The van der Waals surface area contributed by atoms with Gasteiger partial charge in [-0.1, -0.05) is 30.3 Å².